The van der Waals surface area contributed by atoms with Crippen LogP contribution < -0.4 is 10.2 Å². The van der Waals surface area contributed by atoms with E-state index in [4.69, 9.17) is 9.31 Å². The van der Waals surface area contributed by atoms with E-state index in [9.17, 15) is 21.6 Å². The number of hydrogen-bond donors (Lipinski definition) is 1. The molecular weight excluding hydrogens is 370 g/mol. The summed E-state index contributed by atoms with van der Waals surface area (Å²) in [5.74, 6) is 0. The Labute approximate surface area is 152 Å². The van der Waals surface area contributed by atoms with Gasteiger partial charge in [-0.15, -0.1) is 0 Å². The molecule has 0 aromatic heterocycles. The van der Waals surface area contributed by atoms with Gasteiger partial charge in [-0.05, 0) is 51.7 Å². The molecule has 0 bridgehead atoms. The third kappa shape index (κ3) is 4.08. The summed E-state index contributed by atoms with van der Waals surface area (Å²) in [7, 11) is -5.29. The summed E-state index contributed by atoms with van der Waals surface area (Å²) in [6, 6.07) is 3.02. The third-order valence-corrected chi connectivity index (χ3v) is 6.19. The van der Waals surface area contributed by atoms with Gasteiger partial charge in [0.2, 0.25) is 10.0 Å². The zero-order chi connectivity index (χ0) is 20.0. The molecule has 5 nitrogen and oxygen atoms in total. The van der Waals surface area contributed by atoms with Gasteiger partial charge < -0.3 is 9.31 Å². The van der Waals surface area contributed by atoms with Crippen LogP contribution in [0.5, 0.6) is 0 Å². The van der Waals surface area contributed by atoms with Crippen molar-refractivity contribution >= 4 is 22.6 Å². The molecule has 0 unspecified atom stereocenters. The molecule has 0 amide bonds. The molecule has 0 saturated carbocycles. The molecule has 146 valence electrons. The van der Waals surface area contributed by atoms with E-state index in [1.54, 1.807) is 34.6 Å². The van der Waals surface area contributed by atoms with Crippen molar-refractivity contribution in [3.63, 3.8) is 0 Å². The summed E-state index contributed by atoms with van der Waals surface area (Å²) in [4.78, 5) is -0.807. The lowest BCUT2D eigenvalue weighted by atomic mass is 9.78. The van der Waals surface area contributed by atoms with Crippen LogP contribution in [0.1, 0.15) is 46.6 Å². The molecule has 1 aliphatic heterocycles. The Morgan fingerprint density at radius 2 is 1.65 bits per heavy atom. The lowest BCUT2D eigenvalue weighted by Crippen LogP contribution is -2.41. The number of sulfonamides is 1. The highest BCUT2D eigenvalue weighted by Crippen LogP contribution is 2.38. The maximum Gasteiger partial charge on any atom is 0.494 e. The van der Waals surface area contributed by atoms with E-state index in [1.165, 1.54) is 6.07 Å². The predicted octanol–water partition coefficient (Wildman–Crippen LogP) is 2.69. The summed E-state index contributed by atoms with van der Waals surface area (Å²) in [6.07, 6.45) is -4.37. The Hall–Kier alpha value is -1.10. The Kier molecular flexibility index (Phi) is 5.56. The third-order valence-electron chi connectivity index (χ3n) is 4.67. The lowest BCUT2D eigenvalue weighted by Gasteiger charge is -2.32. The molecule has 1 aromatic carbocycles. The zero-order valence-corrected chi connectivity index (χ0v) is 16.2. The van der Waals surface area contributed by atoms with E-state index >= 15 is 0 Å². The molecule has 0 aliphatic carbocycles. The van der Waals surface area contributed by atoms with Crippen molar-refractivity contribution in [3.05, 3.63) is 23.8 Å². The minimum absolute atomic E-state index is 0.0542. The van der Waals surface area contributed by atoms with Gasteiger partial charge in [0.25, 0.3) is 0 Å². The normalized spacial score (nSPS) is 19.8. The average Bonchev–Trinajstić information content (AvgIpc) is 2.72. The minimum Gasteiger partial charge on any atom is -0.399 e. The van der Waals surface area contributed by atoms with E-state index in [-0.39, 0.29) is 12.0 Å². The molecule has 1 N–H and O–H groups in total. The molecule has 26 heavy (non-hydrogen) atoms. The monoisotopic (exact) mass is 393 g/mol. The van der Waals surface area contributed by atoms with Crippen LogP contribution in [-0.4, -0.2) is 33.3 Å². The number of benzene rings is 1. The van der Waals surface area contributed by atoms with E-state index in [2.05, 4.69) is 4.72 Å². The van der Waals surface area contributed by atoms with Crippen LogP contribution in [0.3, 0.4) is 0 Å². The topological polar surface area (TPSA) is 64.6 Å². The van der Waals surface area contributed by atoms with Crippen molar-refractivity contribution in [2.24, 2.45) is 0 Å². The maximum atomic E-state index is 13.5. The SMILES string of the molecule is CCCNS(=O)(=O)c1ccc(B2OC(C)(C)C(C)(C)O2)cc1C(F)(F)F. The van der Waals surface area contributed by atoms with E-state index in [1.807, 2.05) is 0 Å². The highest BCUT2D eigenvalue weighted by atomic mass is 32.2. The maximum absolute atomic E-state index is 13.5. The van der Waals surface area contributed by atoms with Gasteiger partial charge in [-0.3, -0.25) is 0 Å². The molecule has 0 atom stereocenters. The fourth-order valence-corrected chi connectivity index (χ4v) is 3.78. The van der Waals surface area contributed by atoms with Gasteiger partial charge in [0.1, 0.15) is 0 Å². The van der Waals surface area contributed by atoms with Gasteiger partial charge in [-0.25, -0.2) is 13.1 Å². The zero-order valence-electron chi connectivity index (χ0n) is 15.4. The van der Waals surface area contributed by atoms with Crippen LogP contribution in [0.2, 0.25) is 0 Å². The van der Waals surface area contributed by atoms with Gasteiger partial charge in [0.05, 0.1) is 21.7 Å². The predicted molar refractivity (Wildman–Crippen MR) is 92.6 cm³/mol. The number of alkyl halides is 3. The fraction of sp³-hybridized carbons (Fsp3) is 0.625. The minimum atomic E-state index is -4.84. The molecule has 1 fully saturated rings. The van der Waals surface area contributed by atoms with Gasteiger partial charge in [0, 0.05) is 6.54 Å². The van der Waals surface area contributed by atoms with Gasteiger partial charge in [0.15, 0.2) is 0 Å². The van der Waals surface area contributed by atoms with Crippen molar-refractivity contribution in [1.29, 1.82) is 0 Å². The Morgan fingerprint density at radius 3 is 2.12 bits per heavy atom. The largest absolute Gasteiger partial charge is 0.494 e. The summed E-state index contributed by atoms with van der Waals surface area (Å²) in [5, 5.41) is 0. The molecule has 1 aliphatic rings. The first-order chi connectivity index (χ1) is 11.7. The van der Waals surface area contributed by atoms with Crippen LogP contribution in [0.15, 0.2) is 23.1 Å². The Morgan fingerprint density at radius 1 is 1.12 bits per heavy atom. The highest BCUT2D eigenvalue weighted by Gasteiger charge is 2.52. The van der Waals surface area contributed by atoms with Gasteiger partial charge >= 0.3 is 13.3 Å². The van der Waals surface area contributed by atoms with Crippen molar-refractivity contribution in [2.75, 3.05) is 6.54 Å². The first kappa shape index (κ1) is 21.2. The molecule has 1 heterocycles. The van der Waals surface area contributed by atoms with Crippen LogP contribution >= 0.6 is 0 Å². The number of halogens is 3. The van der Waals surface area contributed by atoms with Crippen molar-refractivity contribution in [2.45, 2.75) is 63.3 Å². The molecule has 0 radical (unpaired) electrons. The highest BCUT2D eigenvalue weighted by molar-refractivity contribution is 7.89. The van der Waals surface area contributed by atoms with Crippen LogP contribution in [0, 0.1) is 0 Å². The number of rotatable bonds is 5. The Balaban J connectivity index is 2.48. The first-order valence-corrected chi connectivity index (χ1v) is 9.76. The van der Waals surface area contributed by atoms with E-state index < -0.39 is 45.0 Å². The van der Waals surface area contributed by atoms with Gasteiger partial charge in [-0.1, -0.05) is 13.0 Å². The summed E-state index contributed by atoms with van der Waals surface area (Å²) >= 11 is 0. The van der Waals surface area contributed by atoms with E-state index in [0.717, 1.165) is 12.1 Å². The second-order valence-electron chi connectivity index (χ2n) is 7.24. The molecule has 1 aromatic rings. The lowest BCUT2D eigenvalue weighted by molar-refractivity contribution is -0.139. The summed E-state index contributed by atoms with van der Waals surface area (Å²) in [6.45, 7) is 8.90. The molecule has 10 heteroatoms. The summed E-state index contributed by atoms with van der Waals surface area (Å²) in [5.41, 5.74) is -2.56. The van der Waals surface area contributed by atoms with Crippen LogP contribution in [0.25, 0.3) is 0 Å². The summed E-state index contributed by atoms with van der Waals surface area (Å²) < 4.78 is 78.6. The molecule has 0 spiro atoms. The van der Waals surface area contributed by atoms with Gasteiger partial charge in [-0.2, -0.15) is 13.2 Å². The molecule has 2 rings (SSSR count). The van der Waals surface area contributed by atoms with Crippen molar-refractivity contribution in [1.82, 2.24) is 4.72 Å². The molecular formula is C16H23BF3NO4S. The number of nitrogens with one attached hydrogen (secondary N) is 1. The fourth-order valence-electron chi connectivity index (χ4n) is 2.44. The number of hydrogen-bond acceptors (Lipinski definition) is 4. The molecule has 1 saturated heterocycles. The standard InChI is InChI=1S/C16H23BF3NO4S/c1-6-9-21-26(22,23)13-8-7-11(10-12(13)16(18,19)20)17-24-14(2,3)15(4,5)25-17/h7-8,10,21H,6,9H2,1-5H3. The van der Waals surface area contributed by atoms with Crippen LogP contribution in [0.4, 0.5) is 13.2 Å². The second-order valence-corrected chi connectivity index (χ2v) is 8.97. The van der Waals surface area contributed by atoms with Crippen molar-refractivity contribution < 1.29 is 30.9 Å². The first-order valence-electron chi connectivity index (χ1n) is 8.28. The van der Waals surface area contributed by atoms with Crippen molar-refractivity contribution in [3.8, 4) is 0 Å². The average molecular weight is 393 g/mol. The van der Waals surface area contributed by atoms with E-state index in [0.29, 0.717) is 6.42 Å². The van der Waals surface area contributed by atoms with Crippen LogP contribution in [-0.2, 0) is 25.5 Å². The Bertz CT molecular complexity index is 762. The second kappa shape index (κ2) is 6.81. The smallest absolute Gasteiger partial charge is 0.399 e. The quantitative estimate of drug-likeness (QED) is 0.782.